The average Bonchev–Trinajstić information content (AvgIpc) is 2.77. The number of para-hydroxylation sites is 1. The van der Waals surface area contributed by atoms with Crippen LogP contribution in [0.1, 0.15) is 10.4 Å². The van der Waals surface area contributed by atoms with Gasteiger partial charge in [-0.15, -0.1) is 0 Å². The summed E-state index contributed by atoms with van der Waals surface area (Å²) >= 11 is 1.40. The van der Waals surface area contributed by atoms with Crippen LogP contribution in [0.4, 0.5) is 5.69 Å². The van der Waals surface area contributed by atoms with E-state index in [0.29, 0.717) is 22.0 Å². The van der Waals surface area contributed by atoms with Crippen LogP contribution in [0.2, 0.25) is 0 Å². The Labute approximate surface area is 170 Å². The second kappa shape index (κ2) is 8.15. The number of hydrogen-bond acceptors (Lipinski definition) is 8. The molecule has 8 heteroatoms. The first-order valence-corrected chi connectivity index (χ1v) is 9.45. The molecule has 7 nitrogen and oxygen atoms in total. The number of aromatic nitrogens is 3. The van der Waals surface area contributed by atoms with E-state index in [0.717, 1.165) is 15.8 Å². The molecule has 2 aromatic carbocycles. The molecule has 0 unspecified atom stereocenters. The zero-order valence-electron chi connectivity index (χ0n) is 15.4. The van der Waals surface area contributed by atoms with Crippen molar-refractivity contribution in [3.05, 3.63) is 72.7 Å². The molecule has 4 rings (SSSR count). The van der Waals surface area contributed by atoms with Crippen LogP contribution < -0.4 is 10.5 Å². The summed E-state index contributed by atoms with van der Waals surface area (Å²) in [5, 5.41) is 1.60. The molecule has 144 valence electrons. The number of nitrogens with zero attached hydrogens (tertiary/aromatic N) is 3. The Morgan fingerprint density at radius 1 is 1.00 bits per heavy atom. The largest absolute Gasteiger partial charge is 0.465 e. The first kappa shape index (κ1) is 18.7. The molecular formula is C21H16N4O3S. The fraction of sp³-hybridized carbons (Fsp3) is 0.0476. The Bertz CT molecular complexity index is 1180. The van der Waals surface area contributed by atoms with Crippen molar-refractivity contribution in [1.29, 1.82) is 0 Å². The fourth-order valence-electron chi connectivity index (χ4n) is 2.68. The van der Waals surface area contributed by atoms with Crippen LogP contribution in [0.3, 0.4) is 0 Å². The number of methoxy groups -OCH3 is 1. The summed E-state index contributed by atoms with van der Waals surface area (Å²) in [5.74, 6) is 0.313. The molecule has 0 aliphatic rings. The summed E-state index contributed by atoms with van der Waals surface area (Å²) in [6, 6.07) is 16.3. The molecule has 0 amide bonds. The molecule has 0 aliphatic carbocycles. The number of benzene rings is 2. The highest BCUT2D eigenvalue weighted by Crippen LogP contribution is 2.37. The van der Waals surface area contributed by atoms with Gasteiger partial charge < -0.3 is 15.2 Å². The van der Waals surface area contributed by atoms with E-state index in [1.807, 2.05) is 30.3 Å². The Morgan fingerprint density at radius 2 is 1.79 bits per heavy atom. The maximum Gasteiger partial charge on any atom is 0.337 e. The summed E-state index contributed by atoms with van der Waals surface area (Å²) < 4.78 is 10.5. The van der Waals surface area contributed by atoms with Gasteiger partial charge in [0.15, 0.2) is 0 Å². The van der Waals surface area contributed by atoms with Gasteiger partial charge in [0.25, 0.3) is 0 Å². The highest BCUT2D eigenvalue weighted by molar-refractivity contribution is 7.99. The summed E-state index contributed by atoms with van der Waals surface area (Å²) in [6.07, 6.45) is 3.15. The number of pyridine rings is 1. The van der Waals surface area contributed by atoms with Crippen LogP contribution in [-0.4, -0.2) is 28.0 Å². The predicted octanol–water partition coefficient (Wildman–Crippen LogP) is 4.34. The van der Waals surface area contributed by atoms with Crippen molar-refractivity contribution in [3.63, 3.8) is 0 Å². The molecule has 0 bridgehead atoms. The highest BCUT2D eigenvalue weighted by atomic mass is 32.2. The third-order valence-electron chi connectivity index (χ3n) is 4.10. The van der Waals surface area contributed by atoms with Crippen LogP contribution in [-0.2, 0) is 4.74 Å². The standard InChI is InChI=1S/C21H16N4O3S/c1-27-21(26)14-7-9-15(10-8-14)28-19-17(22)20(25-12-24-19)29-16-6-2-4-13-5-3-11-23-18(13)16/h2-12H,22H2,1H3. The number of ether oxygens (including phenoxy) is 2. The van der Waals surface area contributed by atoms with Gasteiger partial charge in [0.2, 0.25) is 5.88 Å². The lowest BCUT2D eigenvalue weighted by molar-refractivity contribution is 0.0600. The minimum Gasteiger partial charge on any atom is -0.465 e. The van der Waals surface area contributed by atoms with Gasteiger partial charge in [-0.05, 0) is 36.4 Å². The van der Waals surface area contributed by atoms with E-state index in [1.54, 1.807) is 30.5 Å². The summed E-state index contributed by atoms with van der Waals surface area (Å²) in [6.45, 7) is 0. The van der Waals surface area contributed by atoms with Crippen LogP contribution >= 0.6 is 11.8 Å². The minimum absolute atomic E-state index is 0.238. The zero-order chi connectivity index (χ0) is 20.2. The number of carbonyl (C=O) groups excluding carboxylic acids is 1. The van der Waals surface area contributed by atoms with E-state index in [2.05, 4.69) is 19.7 Å². The van der Waals surface area contributed by atoms with Crippen molar-refractivity contribution in [2.24, 2.45) is 0 Å². The van der Waals surface area contributed by atoms with E-state index in [4.69, 9.17) is 10.5 Å². The van der Waals surface area contributed by atoms with Gasteiger partial charge in [0, 0.05) is 16.5 Å². The second-order valence-corrected chi connectivity index (χ2v) is 6.98. The molecule has 2 heterocycles. The SMILES string of the molecule is COC(=O)c1ccc(Oc2ncnc(Sc3cccc4cccnc34)c2N)cc1. The number of carbonyl (C=O) groups is 1. The maximum absolute atomic E-state index is 11.5. The summed E-state index contributed by atoms with van der Waals surface area (Å²) in [7, 11) is 1.33. The lowest BCUT2D eigenvalue weighted by Crippen LogP contribution is -2.01. The van der Waals surface area contributed by atoms with Crippen LogP contribution in [0.5, 0.6) is 11.6 Å². The van der Waals surface area contributed by atoms with Crippen molar-refractivity contribution < 1.29 is 14.3 Å². The van der Waals surface area contributed by atoms with Crippen molar-refractivity contribution in [1.82, 2.24) is 15.0 Å². The molecule has 0 spiro atoms. The molecule has 0 saturated carbocycles. The number of fused-ring (bicyclic) bond motifs is 1. The molecule has 0 radical (unpaired) electrons. The van der Waals surface area contributed by atoms with Gasteiger partial charge in [0.1, 0.15) is 22.8 Å². The maximum atomic E-state index is 11.5. The molecule has 0 atom stereocenters. The number of nitrogens with two attached hydrogens (primary N) is 1. The Kier molecular flexibility index (Phi) is 5.26. The smallest absolute Gasteiger partial charge is 0.337 e. The Hall–Kier alpha value is -3.65. The van der Waals surface area contributed by atoms with E-state index >= 15 is 0 Å². The molecule has 29 heavy (non-hydrogen) atoms. The topological polar surface area (TPSA) is 100 Å². The Balaban J connectivity index is 1.60. The molecule has 4 aromatic rings. The third-order valence-corrected chi connectivity index (χ3v) is 5.17. The Morgan fingerprint density at radius 3 is 2.59 bits per heavy atom. The van der Waals surface area contributed by atoms with Crippen molar-refractivity contribution in [3.8, 4) is 11.6 Å². The average molecular weight is 404 g/mol. The zero-order valence-corrected chi connectivity index (χ0v) is 16.2. The number of esters is 1. The highest BCUT2D eigenvalue weighted by Gasteiger charge is 2.14. The van der Waals surface area contributed by atoms with E-state index in [-0.39, 0.29) is 5.88 Å². The molecule has 0 fully saturated rings. The normalized spacial score (nSPS) is 10.7. The molecule has 2 N–H and O–H groups in total. The number of anilines is 1. The second-order valence-electron chi connectivity index (χ2n) is 5.95. The monoisotopic (exact) mass is 404 g/mol. The van der Waals surface area contributed by atoms with Crippen molar-refractivity contribution in [2.75, 3.05) is 12.8 Å². The number of hydrogen-bond donors (Lipinski definition) is 1. The van der Waals surface area contributed by atoms with Crippen molar-refractivity contribution in [2.45, 2.75) is 9.92 Å². The fourth-order valence-corrected chi connectivity index (χ4v) is 3.60. The van der Waals surface area contributed by atoms with Gasteiger partial charge in [-0.1, -0.05) is 30.0 Å². The van der Waals surface area contributed by atoms with E-state index < -0.39 is 5.97 Å². The van der Waals surface area contributed by atoms with Crippen LogP contribution in [0, 0.1) is 0 Å². The van der Waals surface area contributed by atoms with Gasteiger partial charge in [-0.2, -0.15) is 4.98 Å². The van der Waals surface area contributed by atoms with Crippen LogP contribution in [0.25, 0.3) is 10.9 Å². The summed E-state index contributed by atoms with van der Waals surface area (Å²) in [4.78, 5) is 25.3. The van der Waals surface area contributed by atoms with Gasteiger partial charge >= 0.3 is 5.97 Å². The first-order valence-electron chi connectivity index (χ1n) is 8.64. The molecular weight excluding hydrogens is 388 g/mol. The summed E-state index contributed by atoms with van der Waals surface area (Å²) in [5.41, 5.74) is 7.88. The lowest BCUT2D eigenvalue weighted by atomic mass is 10.2. The molecule has 0 aliphatic heterocycles. The minimum atomic E-state index is -0.416. The van der Waals surface area contributed by atoms with Gasteiger partial charge in [-0.3, -0.25) is 4.98 Å². The first-order chi connectivity index (χ1) is 14.2. The molecule has 2 aromatic heterocycles. The number of nitrogen functional groups attached to an aromatic ring is 1. The van der Waals surface area contributed by atoms with Crippen LogP contribution in [0.15, 0.2) is 77.0 Å². The molecule has 0 saturated heterocycles. The van der Waals surface area contributed by atoms with E-state index in [1.165, 1.54) is 25.2 Å². The van der Waals surface area contributed by atoms with Gasteiger partial charge in [0.05, 0.1) is 18.2 Å². The quantitative estimate of drug-likeness (QED) is 0.387. The van der Waals surface area contributed by atoms with Crippen molar-refractivity contribution >= 4 is 34.3 Å². The number of rotatable bonds is 5. The lowest BCUT2D eigenvalue weighted by Gasteiger charge is -2.11. The predicted molar refractivity (Wildman–Crippen MR) is 110 cm³/mol. The van der Waals surface area contributed by atoms with E-state index in [9.17, 15) is 4.79 Å². The van der Waals surface area contributed by atoms with Gasteiger partial charge in [-0.25, -0.2) is 9.78 Å². The third kappa shape index (κ3) is 3.97.